The summed E-state index contributed by atoms with van der Waals surface area (Å²) in [7, 11) is 0. The number of phenols is 1. The van der Waals surface area contributed by atoms with Crippen LogP contribution in [0.15, 0.2) is 6.07 Å². The minimum Gasteiger partial charge on any atom is -0.506 e. The highest BCUT2D eigenvalue weighted by molar-refractivity contribution is 6.33. The molecule has 0 amide bonds. The van der Waals surface area contributed by atoms with Gasteiger partial charge in [0.2, 0.25) is 0 Å². The lowest BCUT2D eigenvalue weighted by molar-refractivity contribution is -0.138. The van der Waals surface area contributed by atoms with Gasteiger partial charge in [-0.2, -0.15) is 0 Å². The van der Waals surface area contributed by atoms with Crippen molar-refractivity contribution in [3.63, 3.8) is 0 Å². The first-order valence-corrected chi connectivity index (χ1v) is 5.67. The van der Waals surface area contributed by atoms with Crippen molar-refractivity contribution in [3.8, 4) is 17.2 Å². The summed E-state index contributed by atoms with van der Waals surface area (Å²) < 4.78 is 10.6. The number of fused-ring (bicyclic) bond motifs is 1. The van der Waals surface area contributed by atoms with Crippen molar-refractivity contribution < 1.29 is 24.5 Å². The molecule has 1 aromatic carbocycles. The molecule has 0 aromatic heterocycles. The minimum atomic E-state index is -1.15. The molecule has 0 aliphatic carbocycles. The van der Waals surface area contributed by atoms with Crippen molar-refractivity contribution in [3.05, 3.63) is 16.7 Å². The maximum Gasteiger partial charge on any atom is 0.320 e. The van der Waals surface area contributed by atoms with Gasteiger partial charge < -0.3 is 25.4 Å². The molecule has 1 atom stereocenters. The van der Waals surface area contributed by atoms with Gasteiger partial charge >= 0.3 is 5.97 Å². The molecule has 1 unspecified atom stereocenters. The summed E-state index contributed by atoms with van der Waals surface area (Å²) in [6, 6.07) is 0.382. The third-order valence-electron chi connectivity index (χ3n) is 2.58. The fraction of sp³-hybridized carbons (Fsp3) is 0.364. The number of carboxylic acids is 1. The molecule has 1 aliphatic rings. The molecular weight excluding hydrogens is 262 g/mol. The molecule has 0 radical (unpaired) electrons. The SMILES string of the molecule is NC(Cc1cc2c(c(Cl)c1O)OCCO2)C(=O)O. The van der Waals surface area contributed by atoms with Gasteiger partial charge in [-0.05, 0) is 6.07 Å². The van der Waals surface area contributed by atoms with E-state index in [4.69, 9.17) is 31.9 Å². The van der Waals surface area contributed by atoms with Gasteiger partial charge in [0.15, 0.2) is 11.5 Å². The number of aliphatic carboxylic acids is 1. The van der Waals surface area contributed by atoms with Gasteiger partial charge in [0, 0.05) is 12.0 Å². The Morgan fingerprint density at radius 2 is 2.17 bits per heavy atom. The lowest BCUT2D eigenvalue weighted by atomic mass is 10.0. The highest BCUT2D eigenvalue weighted by atomic mass is 35.5. The largest absolute Gasteiger partial charge is 0.506 e. The summed E-state index contributed by atoms with van der Waals surface area (Å²) >= 11 is 5.94. The van der Waals surface area contributed by atoms with Crippen molar-refractivity contribution in [2.75, 3.05) is 13.2 Å². The highest BCUT2D eigenvalue weighted by Crippen LogP contribution is 2.45. The summed E-state index contributed by atoms with van der Waals surface area (Å²) in [5.74, 6) is -0.720. The molecule has 6 nitrogen and oxygen atoms in total. The average Bonchev–Trinajstić information content (AvgIpc) is 2.35. The zero-order chi connectivity index (χ0) is 13.3. The number of nitrogens with two attached hydrogens (primary N) is 1. The first kappa shape index (κ1) is 12.8. The summed E-state index contributed by atoms with van der Waals surface area (Å²) in [6.07, 6.45) is -0.0441. The van der Waals surface area contributed by atoms with Crippen molar-refractivity contribution >= 4 is 17.6 Å². The van der Waals surface area contributed by atoms with Crippen molar-refractivity contribution in [2.24, 2.45) is 5.73 Å². The molecule has 4 N–H and O–H groups in total. The number of ether oxygens (including phenoxy) is 2. The second-order valence-electron chi connectivity index (χ2n) is 3.87. The molecule has 0 fully saturated rings. The van der Waals surface area contributed by atoms with Gasteiger partial charge in [0.05, 0.1) is 0 Å². The molecule has 98 valence electrons. The Kier molecular flexibility index (Phi) is 3.49. The summed E-state index contributed by atoms with van der Waals surface area (Å²) in [6.45, 7) is 0.721. The van der Waals surface area contributed by atoms with Crippen LogP contribution in [0.5, 0.6) is 17.2 Å². The van der Waals surface area contributed by atoms with E-state index in [0.29, 0.717) is 24.5 Å². The molecule has 1 aromatic rings. The Morgan fingerprint density at radius 1 is 1.50 bits per heavy atom. The topological polar surface area (TPSA) is 102 Å². The van der Waals surface area contributed by atoms with E-state index in [9.17, 15) is 9.90 Å². The standard InChI is InChI=1S/C11H12ClNO5/c12-8-9(14)5(3-6(13)11(15)16)4-7-10(8)18-2-1-17-7/h4,6,14H,1-3,13H2,(H,15,16). The Morgan fingerprint density at radius 3 is 2.83 bits per heavy atom. The van der Waals surface area contributed by atoms with Crippen LogP contribution < -0.4 is 15.2 Å². The van der Waals surface area contributed by atoms with Gasteiger partial charge in [-0.25, -0.2) is 0 Å². The van der Waals surface area contributed by atoms with Crippen LogP contribution >= 0.6 is 11.6 Å². The monoisotopic (exact) mass is 273 g/mol. The average molecular weight is 274 g/mol. The molecule has 0 bridgehead atoms. The predicted molar refractivity (Wildman–Crippen MR) is 63.4 cm³/mol. The molecule has 0 saturated heterocycles. The number of carbonyl (C=O) groups is 1. The number of halogens is 1. The van der Waals surface area contributed by atoms with E-state index >= 15 is 0 Å². The van der Waals surface area contributed by atoms with Crippen molar-refractivity contribution in [2.45, 2.75) is 12.5 Å². The predicted octanol–water partition coefficient (Wildman–Crippen LogP) is 0.771. The first-order valence-electron chi connectivity index (χ1n) is 5.29. The first-order chi connectivity index (χ1) is 8.50. The van der Waals surface area contributed by atoms with E-state index in [1.165, 1.54) is 6.07 Å². The van der Waals surface area contributed by atoms with Gasteiger partial charge in [0.1, 0.15) is 30.0 Å². The van der Waals surface area contributed by atoms with Crippen LogP contribution in [0.2, 0.25) is 5.02 Å². The fourth-order valence-electron chi connectivity index (χ4n) is 1.67. The van der Waals surface area contributed by atoms with Crippen molar-refractivity contribution in [1.29, 1.82) is 0 Å². The Balaban J connectivity index is 2.37. The number of benzene rings is 1. The molecule has 1 aliphatic heterocycles. The minimum absolute atomic E-state index is 0.0137. The van der Waals surface area contributed by atoms with Gasteiger partial charge in [-0.3, -0.25) is 4.79 Å². The van der Waals surface area contributed by atoms with Crippen LogP contribution in [0.25, 0.3) is 0 Å². The maximum atomic E-state index is 10.7. The third kappa shape index (κ3) is 2.30. The Labute approximate surface area is 108 Å². The van der Waals surface area contributed by atoms with Crippen LogP contribution in [0, 0.1) is 0 Å². The maximum absolute atomic E-state index is 10.7. The molecule has 2 rings (SSSR count). The zero-order valence-corrected chi connectivity index (χ0v) is 10.1. The molecule has 0 saturated carbocycles. The molecule has 18 heavy (non-hydrogen) atoms. The smallest absolute Gasteiger partial charge is 0.320 e. The molecule has 7 heteroatoms. The summed E-state index contributed by atoms with van der Waals surface area (Å²) in [4.78, 5) is 10.7. The van der Waals surface area contributed by atoms with E-state index in [1.807, 2.05) is 0 Å². The van der Waals surface area contributed by atoms with Crippen LogP contribution in [0.1, 0.15) is 5.56 Å². The van der Waals surface area contributed by atoms with Crippen LogP contribution in [0.3, 0.4) is 0 Å². The van der Waals surface area contributed by atoms with Gasteiger partial charge in [-0.1, -0.05) is 11.6 Å². The van der Waals surface area contributed by atoms with E-state index in [1.54, 1.807) is 0 Å². The number of aromatic hydroxyl groups is 1. The van der Waals surface area contributed by atoms with Crippen LogP contribution in [0.4, 0.5) is 0 Å². The molecule has 1 heterocycles. The lowest BCUT2D eigenvalue weighted by Crippen LogP contribution is -2.32. The molecule has 0 spiro atoms. The fourth-order valence-corrected chi connectivity index (χ4v) is 1.93. The van der Waals surface area contributed by atoms with E-state index in [2.05, 4.69) is 0 Å². The number of rotatable bonds is 3. The van der Waals surface area contributed by atoms with E-state index < -0.39 is 12.0 Å². The number of hydrogen-bond acceptors (Lipinski definition) is 5. The normalized spacial score (nSPS) is 15.2. The Bertz CT molecular complexity index is 491. The quantitative estimate of drug-likeness (QED) is 0.752. The number of carboxylic acid groups (broad SMARTS) is 1. The van der Waals surface area contributed by atoms with E-state index in [-0.39, 0.29) is 22.9 Å². The third-order valence-corrected chi connectivity index (χ3v) is 2.94. The van der Waals surface area contributed by atoms with Gasteiger partial charge in [-0.15, -0.1) is 0 Å². The highest BCUT2D eigenvalue weighted by Gasteiger charge is 2.23. The Hall–Kier alpha value is -1.66. The second-order valence-corrected chi connectivity index (χ2v) is 4.25. The van der Waals surface area contributed by atoms with Gasteiger partial charge in [0.25, 0.3) is 0 Å². The summed E-state index contributed by atoms with van der Waals surface area (Å²) in [5, 5.41) is 18.6. The number of hydrogen-bond donors (Lipinski definition) is 3. The van der Waals surface area contributed by atoms with Crippen LogP contribution in [-0.2, 0) is 11.2 Å². The van der Waals surface area contributed by atoms with Crippen molar-refractivity contribution in [1.82, 2.24) is 0 Å². The van der Waals surface area contributed by atoms with E-state index in [0.717, 1.165) is 0 Å². The number of phenolic OH excluding ortho intramolecular Hbond substituents is 1. The summed E-state index contributed by atoms with van der Waals surface area (Å²) in [5.41, 5.74) is 5.74. The lowest BCUT2D eigenvalue weighted by Gasteiger charge is -2.21. The zero-order valence-electron chi connectivity index (χ0n) is 9.35. The molecular formula is C11H12ClNO5. The van der Waals surface area contributed by atoms with Crippen LogP contribution in [-0.4, -0.2) is 35.4 Å². The second kappa shape index (κ2) is 4.91.